The standard InChI is InChI=1S/C16H33N/c1-6-16(14(2)3)12-10-8-7-9-11-13-17(16)15(4)5/h14-15H,6-13H2,1-5H3. The fraction of sp³-hybridized carbons (Fsp3) is 1.00. The van der Waals surface area contributed by atoms with E-state index in [1.54, 1.807) is 0 Å². The third-order valence-electron chi connectivity index (χ3n) is 4.89. The molecule has 0 spiro atoms. The SMILES string of the molecule is CCC1(C(C)C)CCCCCCCN1C(C)C. The average Bonchev–Trinajstić information content (AvgIpc) is 2.38. The van der Waals surface area contributed by atoms with Crippen LogP contribution in [0.3, 0.4) is 0 Å². The minimum Gasteiger partial charge on any atom is -0.295 e. The smallest absolute Gasteiger partial charge is 0.0232 e. The maximum atomic E-state index is 2.82. The first-order valence-corrected chi connectivity index (χ1v) is 7.81. The highest BCUT2D eigenvalue weighted by Crippen LogP contribution is 2.37. The Morgan fingerprint density at radius 3 is 2.06 bits per heavy atom. The molecule has 1 aliphatic heterocycles. The summed E-state index contributed by atoms with van der Waals surface area (Å²) in [7, 11) is 0. The molecule has 1 fully saturated rings. The highest BCUT2D eigenvalue weighted by molar-refractivity contribution is 4.94. The molecule has 1 heteroatoms. The quantitative estimate of drug-likeness (QED) is 0.680. The van der Waals surface area contributed by atoms with E-state index in [1.807, 2.05) is 0 Å². The van der Waals surface area contributed by atoms with Crippen LogP contribution in [0.5, 0.6) is 0 Å². The molecule has 0 amide bonds. The zero-order chi connectivity index (χ0) is 12.9. The molecule has 1 unspecified atom stereocenters. The van der Waals surface area contributed by atoms with E-state index in [0.717, 1.165) is 5.92 Å². The summed E-state index contributed by atoms with van der Waals surface area (Å²) in [6.07, 6.45) is 9.86. The van der Waals surface area contributed by atoms with Gasteiger partial charge in [-0.2, -0.15) is 0 Å². The van der Waals surface area contributed by atoms with Crippen molar-refractivity contribution in [2.24, 2.45) is 5.92 Å². The van der Waals surface area contributed by atoms with Crippen LogP contribution >= 0.6 is 0 Å². The van der Waals surface area contributed by atoms with E-state index >= 15 is 0 Å². The fourth-order valence-corrected chi connectivity index (χ4v) is 3.79. The van der Waals surface area contributed by atoms with Crippen molar-refractivity contribution in [1.82, 2.24) is 4.90 Å². The van der Waals surface area contributed by atoms with E-state index in [-0.39, 0.29) is 0 Å². The first-order valence-electron chi connectivity index (χ1n) is 7.81. The number of rotatable bonds is 3. The summed E-state index contributed by atoms with van der Waals surface area (Å²) in [6.45, 7) is 13.3. The van der Waals surface area contributed by atoms with Crippen molar-refractivity contribution in [3.8, 4) is 0 Å². The van der Waals surface area contributed by atoms with Gasteiger partial charge in [0.15, 0.2) is 0 Å². The van der Waals surface area contributed by atoms with Crippen molar-refractivity contribution >= 4 is 0 Å². The summed E-state index contributed by atoms with van der Waals surface area (Å²) < 4.78 is 0. The molecule has 1 heterocycles. The molecule has 1 saturated heterocycles. The molecule has 0 aromatic carbocycles. The van der Waals surface area contributed by atoms with Gasteiger partial charge in [-0.05, 0) is 45.6 Å². The van der Waals surface area contributed by atoms with Crippen LogP contribution in [0, 0.1) is 5.92 Å². The van der Waals surface area contributed by atoms with Crippen LogP contribution in [0.2, 0.25) is 0 Å². The lowest BCUT2D eigenvalue weighted by atomic mass is 9.77. The van der Waals surface area contributed by atoms with Gasteiger partial charge in [0, 0.05) is 11.6 Å². The summed E-state index contributed by atoms with van der Waals surface area (Å²) in [5.74, 6) is 0.771. The molecule has 102 valence electrons. The lowest BCUT2D eigenvalue weighted by Gasteiger charge is -2.49. The monoisotopic (exact) mass is 239 g/mol. The highest BCUT2D eigenvalue weighted by Gasteiger charge is 2.38. The third-order valence-corrected chi connectivity index (χ3v) is 4.89. The zero-order valence-electron chi connectivity index (χ0n) is 12.8. The maximum absolute atomic E-state index is 2.82. The number of nitrogens with zero attached hydrogens (tertiary/aromatic N) is 1. The molecule has 0 radical (unpaired) electrons. The van der Waals surface area contributed by atoms with E-state index in [4.69, 9.17) is 0 Å². The third kappa shape index (κ3) is 3.47. The Kier molecular flexibility index (Phi) is 5.99. The number of hydrogen-bond acceptors (Lipinski definition) is 1. The Morgan fingerprint density at radius 1 is 0.941 bits per heavy atom. The molecule has 0 bridgehead atoms. The minimum atomic E-state index is 0.457. The first-order chi connectivity index (χ1) is 8.04. The van der Waals surface area contributed by atoms with Gasteiger partial charge < -0.3 is 0 Å². The second-order valence-corrected chi connectivity index (χ2v) is 6.42. The molecule has 1 nitrogen and oxygen atoms in total. The van der Waals surface area contributed by atoms with Crippen LogP contribution in [0.25, 0.3) is 0 Å². The van der Waals surface area contributed by atoms with E-state index in [0.29, 0.717) is 11.6 Å². The molecule has 0 aromatic rings. The molecule has 0 N–H and O–H groups in total. The molecule has 1 aliphatic rings. The Bertz CT molecular complexity index is 210. The van der Waals surface area contributed by atoms with E-state index in [9.17, 15) is 0 Å². The van der Waals surface area contributed by atoms with Crippen molar-refractivity contribution in [3.63, 3.8) is 0 Å². The largest absolute Gasteiger partial charge is 0.295 e. The number of hydrogen-bond donors (Lipinski definition) is 0. The Balaban J connectivity index is 2.94. The van der Waals surface area contributed by atoms with Crippen LogP contribution in [0.15, 0.2) is 0 Å². The van der Waals surface area contributed by atoms with Crippen LogP contribution in [-0.4, -0.2) is 23.0 Å². The van der Waals surface area contributed by atoms with Crippen molar-refractivity contribution in [3.05, 3.63) is 0 Å². The van der Waals surface area contributed by atoms with Crippen molar-refractivity contribution in [2.75, 3.05) is 6.54 Å². The Hall–Kier alpha value is -0.0400. The van der Waals surface area contributed by atoms with Gasteiger partial charge in [-0.25, -0.2) is 0 Å². The van der Waals surface area contributed by atoms with Gasteiger partial charge in [0.1, 0.15) is 0 Å². The minimum absolute atomic E-state index is 0.457. The van der Waals surface area contributed by atoms with E-state index < -0.39 is 0 Å². The summed E-state index contributed by atoms with van der Waals surface area (Å²) in [4.78, 5) is 2.82. The predicted octanol–water partition coefficient (Wildman–Crippen LogP) is 4.86. The van der Waals surface area contributed by atoms with Crippen molar-refractivity contribution in [2.45, 2.75) is 91.1 Å². The van der Waals surface area contributed by atoms with Crippen LogP contribution in [-0.2, 0) is 0 Å². The van der Waals surface area contributed by atoms with Crippen LogP contribution in [0.4, 0.5) is 0 Å². The van der Waals surface area contributed by atoms with Crippen molar-refractivity contribution < 1.29 is 0 Å². The topological polar surface area (TPSA) is 3.24 Å². The molecule has 0 saturated carbocycles. The van der Waals surface area contributed by atoms with Crippen molar-refractivity contribution in [1.29, 1.82) is 0 Å². The molecule has 17 heavy (non-hydrogen) atoms. The van der Waals surface area contributed by atoms with Crippen LogP contribution < -0.4 is 0 Å². The van der Waals surface area contributed by atoms with E-state index in [1.165, 1.54) is 51.5 Å². The molecular formula is C16H33N. The zero-order valence-corrected chi connectivity index (χ0v) is 12.8. The maximum Gasteiger partial charge on any atom is 0.0232 e. The van der Waals surface area contributed by atoms with Gasteiger partial charge in [0.2, 0.25) is 0 Å². The molecular weight excluding hydrogens is 206 g/mol. The summed E-state index contributed by atoms with van der Waals surface area (Å²) in [5.41, 5.74) is 0.457. The lowest BCUT2D eigenvalue weighted by Crippen LogP contribution is -2.55. The lowest BCUT2D eigenvalue weighted by molar-refractivity contribution is 0.00554. The molecule has 0 aliphatic carbocycles. The predicted molar refractivity (Wildman–Crippen MR) is 77.4 cm³/mol. The fourth-order valence-electron chi connectivity index (χ4n) is 3.79. The van der Waals surface area contributed by atoms with Crippen LogP contribution in [0.1, 0.15) is 79.6 Å². The highest BCUT2D eigenvalue weighted by atomic mass is 15.2. The summed E-state index contributed by atoms with van der Waals surface area (Å²) in [6, 6.07) is 0.690. The van der Waals surface area contributed by atoms with E-state index in [2.05, 4.69) is 39.5 Å². The Morgan fingerprint density at radius 2 is 1.53 bits per heavy atom. The van der Waals surface area contributed by atoms with Gasteiger partial charge in [-0.3, -0.25) is 4.90 Å². The van der Waals surface area contributed by atoms with Gasteiger partial charge in [-0.15, -0.1) is 0 Å². The first kappa shape index (κ1) is 15.0. The second-order valence-electron chi connectivity index (χ2n) is 6.42. The molecule has 1 atom stereocenters. The second kappa shape index (κ2) is 6.78. The average molecular weight is 239 g/mol. The molecule has 0 aromatic heterocycles. The van der Waals surface area contributed by atoms with Gasteiger partial charge >= 0.3 is 0 Å². The normalized spacial score (nSPS) is 29.1. The summed E-state index contributed by atoms with van der Waals surface area (Å²) >= 11 is 0. The Labute approximate surface area is 109 Å². The molecule has 1 rings (SSSR count). The van der Waals surface area contributed by atoms with Gasteiger partial charge in [0.05, 0.1) is 0 Å². The summed E-state index contributed by atoms with van der Waals surface area (Å²) in [5, 5.41) is 0. The van der Waals surface area contributed by atoms with Gasteiger partial charge in [-0.1, -0.05) is 46.5 Å². The van der Waals surface area contributed by atoms with Gasteiger partial charge in [0.25, 0.3) is 0 Å².